The number of aliphatic hydroxyl groups excluding tert-OH is 1. The van der Waals surface area contributed by atoms with Gasteiger partial charge in [0.1, 0.15) is 0 Å². The molecule has 12 heavy (non-hydrogen) atoms. The third kappa shape index (κ3) is 2.29. The van der Waals surface area contributed by atoms with Crippen molar-refractivity contribution in [2.24, 2.45) is 5.92 Å². The van der Waals surface area contributed by atoms with E-state index in [1.807, 2.05) is 6.92 Å². The van der Waals surface area contributed by atoms with Crippen molar-refractivity contribution in [3.8, 4) is 0 Å². The predicted molar refractivity (Wildman–Crippen MR) is 46.9 cm³/mol. The SMILES string of the molecule is CC1CCNC(CCCO)C1=O. The Kier molecular flexibility index (Phi) is 3.69. The normalized spacial score (nSPS) is 30.7. The second-order valence-electron chi connectivity index (χ2n) is 3.46. The van der Waals surface area contributed by atoms with E-state index in [1.165, 1.54) is 0 Å². The summed E-state index contributed by atoms with van der Waals surface area (Å²) in [4.78, 5) is 11.5. The first-order valence-corrected chi connectivity index (χ1v) is 4.63. The number of nitrogens with one attached hydrogen (secondary N) is 1. The highest BCUT2D eigenvalue weighted by molar-refractivity contribution is 5.86. The highest BCUT2D eigenvalue weighted by Gasteiger charge is 2.26. The van der Waals surface area contributed by atoms with Gasteiger partial charge in [0.2, 0.25) is 0 Å². The van der Waals surface area contributed by atoms with E-state index in [1.54, 1.807) is 0 Å². The predicted octanol–water partition coefficient (Wildman–Crippen LogP) is 0.326. The number of carbonyl (C=O) groups is 1. The van der Waals surface area contributed by atoms with E-state index in [-0.39, 0.29) is 18.6 Å². The lowest BCUT2D eigenvalue weighted by Crippen LogP contribution is -2.45. The van der Waals surface area contributed by atoms with Gasteiger partial charge in [0, 0.05) is 12.5 Å². The summed E-state index contributed by atoms with van der Waals surface area (Å²) in [6, 6.07) is 0.000833. The van der Waals surface area contributed by atoms with Gasteiger partial charge in [0.25, 0.3) is 0 Å². The largest absolute Gasteiger partial charge is 0.396 e. The third-order valence-corrected chi connectivity index (χ3v) is 2.45. The van der Waals surface area contributed by atoms with Gasteiger partial charge in [0.15, 0.2) is 5.78 Å². The van der Waals surface area contributed by atoms with Crippen molar-refractivity contribution in [2.45, 2.75) is 32.2 Å². The lowest BCUT2D eigenvalue weighted by atomic mass is 9.90. The van der Waals surface area contributed by atoms with E-state index >= 15 is 0 Å². The van der Waals surface area contributed by atoms with Crippen molar-refractivity contribution in [1.82, 2.24) is 5.32 Å². The topological polar surface area (TPSA) is 49.3 Å². The molecule has 0 aromatic carbocycles. The number of ketones is 1. The maximum Gasteiger partial charge on any atom is 0.152 e. The molecule has 1 fully saturated rings. The first-order valence-electron chi connectivity index (χ1n) is 4.63. The molecular formula is C9H17NO2. The van der Waals surface area contributed by atoms with Gasteiger partial charge in [-0.15, -0.1) is 0 Å². The molecule has 1 heterocycles. The molecule has 2 atom stereocenters. The number of carbonyl (C=O) groups excluding carboxylic acids is 1. The molecule has 1 rings (SSSR count). The van der Waals surface area contributed by atoms with Crippen LogP contribution in [0, 0.1) is 5.92 Å². The van der Waals surface area contributed by atoms with E-state index in [0.29, 0.717) is 5.78 Å². The molecule has 3 nitrogen and oxygen atoms in total. The van der Waals surface area contributed by atoms with E-state index in [0.717, 1.165) is 25.8 Å². The van der Waals surface area contributed by atoms with Gasteiger partial charge < -0.3 is 10.4 Å². The number of Topliss-reactive ketones (excluding diaryl/α,β-unsaturated/α-hetero) is 1. The smallest absolute Gasteiger partial charge is 0.152 e. The van der Waals surface area contributed by atoms with Crippen LogP contribution in [-0.4, -0.2) is 30.1 Å². The molecule has 3 heteroatoms. The Bertz CT molecular complexity index is 159. The summed E-state index contributed by atoms with van der Waals surface area (Å²) in [7, 11) is 0. The molecule has 2 N–H and O–H groups in total. The number of aliphatic hydroxyl groups is 1. The van der Waals surface area contributed by atoms with Gasteiger partial charge in [-0.25, -0.2) is 0 Å². The lowest BCUT2D eigenvalue weighted by molar-refractivity contribution is -0.126. The van der Waals surface area contributed by atoms with Gasteiger partial charge in [-0.3, -0.25) is 4.79 Å². The number of hydrogen-bond donors (Lipinski definition) is 2. The number of rotatable bonds is 3. The molecule has 0 aliphatic carbocycles. The minimum atomic E-state index is 0.000833. The maximum absolute atomic E-state index is 11.5. The van der Waals surface area contributed by atoms with Crippen LogP contribution in [0.3, 0.4) is 0 Å². The van der Waals surface area contributed by atoms with Crippen molar-refractivity contribution in [3.63, 3.8) is 0 Å². The number of hydrogen-bond acceptors (Lipinski definition) is 3. The van der Waals surface area contributed by atoms with Gasteiger partial charge >= 0.3 is 0 Å². The van der Waals surface area contributed by atoms with Crippen molar-refractivity contribution in [3.05, 3.63) is 0 Å². The molecule has 1 aliphatic heterocycles. The molecule has 0 saturated carbocycles. The van der Waals surface area contributed by atoms with Crippen LogP contribution in [0.5, 0.6) is 0 Å². The van der Waals surface area contributed by atoms with Crippen LogP contribution < -0.4 is 5.32 Å². The van der Waals surface area contributed by atoms with Gasteiger partial charge in [0.05, 0.1) is 6.04 Å². The summed E-state index contributed by atoms with van der Waals surface area (Å²) in [6.07, 6.45) is 2.45. The van der Waals surface area contributed by atoms with Crippen LogP contribution in [0.1, 0.15) is 26.2 Å². The zero-order valence-corrected chi connectivity index (χ0v) is 7.55. The highest BCUT2D eigenvalue weighted by Crippen LogP contribution is 2.14. The summed E-state index contributed by atoms with van der Waals surface area (Å²) in [5.41, 5.74) is 0. The fourth-order valence-corrected chi connectivity index (χ4v) is 1.60. The molecule has 1 aliphatic rings. The molecule has 1 saturated heterocycles. The monoisotopic (exact) mass is 171 g/mol. The second kappa shape index (κ2) is 4.58. The van der Waals surface area contributed by atoms with Crippen molar-refractivity contribution in [2.75, 3.05) is 13.2 Å². The van der Waals surface area contributed by atoms with Gasteiger partial charge in [-0.05, 0) is 25.8 Å². The van der Waals surface area contributed by atoms with Crippen LogP contribution in [0.25, 0.3) is 0 Å². The molecule has 0 aromatic heterocycles. The second-order valence-corrected chi connectivity index (χ2v) is 3.46. The molecule has 0 bridgehead atoms. The molecule has 0 amide bonds. The van der Waals surface area contributed by atoms with E-state index in [4.69, 9.17) is 5.11 Å². The van der Waals surface area contributed by atoms with Crippen molar-refractivity contribution in [1.29, 1.82) is 0 Å². The van der Waals surface area contributed by atoms with E-state index in [2.05, 4.69) is 5.32 Å². The van der Waals surface area contributed by atoms with E-state index in [9.17, 15) is 4.79 Å². The Morgan fingerprint density at radius 1 is 1.67 bits per heavy atom. The maximum atomic E-state index is 11.5. The summed E-state index contributed by atoms with van der Waals surface area (Å²) in [5, 5.41) is 11.8. The van der Waals surface area contributed by atoms with Crippen LogP contribution in [0.15, 0.2) is 0 Å². The van der Waals surface area contributed by atoms with Gasteiger partial charge in [-0.1, -0.05) is 6.92 Å². The molecule has 0 radical (unpaired) electrons. The van der Waals surface area contributed by atoms with E-state index < -0.39 is 0 Å². The fourth-order valence-electron chi connectivity index (χ4n) is 1.60. The Morgan fingerprint density at radius 2 is 2.42 bits per heavy atom. The van der Waals surface area contributed by atoms with Gasteiger partial charge in [-0.2, -0.15) is 0 Å². The Morgan fingerprint density at radius 3 is 3.08 bits per heavy atom. The fraction of sp³-hybridized carbons (Fsp3) is 0.889. The zero-order valence-electron chi connectivity index (χ0n) is 7.55. The summed E-state index contributed by atoms with van der Waals surface area (Å²) >= 11 is 0. The van der Waals surface area contributed by atoms with Crippen LogP contribution >= 0.6 is 0 Å². The summed E-state index contributed by atoms with van der Waals surface area (Å²) in [6.45, 7) is 3.10. The molecular weight excluding hydrogens is 154 g/mol. The summed E-state index contributed by atoms with van der Waals surface area (Å²) < 4.78 is 0. The molecule has 2 unspecified atom stereocenters. The minimum Gasteiger partial charge on any atom is -0.396 e. The standard InChI is InChI=1S/C9H17NO2/c1-7-4-5-10-8(9(7)12)3-2-6-11/h7-8,10-11H,2-6H2,1H3. The van der Waals surface area contributed by atoms with Crippen LogP contribution in [-0.2, 0) is 4.79 Å². The lowest BCUT2D eigenvalue weighted by Gasteiger charge is -2.26. The number of piperidine rings is 1. The zero-order chi connectivity index (χ0) is 8.97. The van der Waals surface area contributed by atoms with Crippen LogP contribution in [0.4, 0.5) is 0 Å². The quantitative estimate of drug-likeness (QED) is 0.643. The molecule has 0 spiro atoms. The first kappa shape index (κ1) is 9.68. The average Bonchev–Trinajstić information content (AvgIpc) is 2.08. The Balaban J connectivity index is 2.36. The highest BCUT2D eigenvalue weighted by atomic mass is 16.3. The average molecular weight is 171 g/mol. The molecule has 70 valence electrons. The Labute approximate surface area is 73.2 Å². The minimum absolute atomic E-state index is 0.000833. The van der Waals surface area contributed by atoms with Crippen molar-refractivity contribution >= 4 is 5.78 Å². The molecule has 0 aromatic rings. The first-order chi connectivity index (χ1) is 5.75. The third-order valence-electron chi connectivity index (χ3n) is 2.45. The summed E-state index contributed by atoms with van der Waals surface area (Å²) in [5.74, 6) is 0.518. The Hall–Kier alpha value is -0.410. The van der Waals surface area contributed by atoms with Crippen LogP contribution in [0.2, 0.25) is 0 Å². The van der Waals surface area contributed by atoms with Crippen molar-refractivity contribution < 1.29 is 9.90 Å².